The van der Waals surface area contributed by atoms with Crippen LogP contribution in [-0.2, 0) is 6.42 Å². The molecule has 1 amide bonds. The van der Waals surface area contributed by atoms with Crippen molar-refractivity contribution in [2.24, 2.45) is 0 Å². The highest BCUT2D eigenvalue weighted by Crippen LogP contribution is 2.33. The van der Waals surface area contributed by atoms with Crippen molar-refractivity contribution in [2.45, 2.75) is 19.3 Å². The Morgan fingerprint density at radius 1 is 1.31 bits per heavy atom. The van der Waals surface area contributed by atoms with Crippen molar-refractivity contribution in [2.75, 3.05) is 37.4 Å². The number of anilines is 2. The first-order chi connectivity index (χ1) is 14.2. The van der Waals surface area contributed by atoms with Crippen molar-refractivity contribution in [3.63, 3.8) is 0 Å². The lowest BCUT2D eigenvalue weighted by molar-refractivity contribution is 0.0954. The van der Waals surface area contributed by atoms with E-state index in [1.165, 1.54) is 0 Å². The minimum Gasteiger partial charge on any atom is -0.497 e. The average molecular weight is 397 g/mol. The molecule has 1 aliphatic heterocycles. The molecule has 1 aromatic carbocycles. The van der Waals surface area contributed by atoms with Gasteiger partial charge in [0.25, 0.3) is 5.91 Å². The molecule has 0 unspecified atom stereocenters. The van der Waals surface area contributed by atoms with Crippen molar-refractivity contribution in [1.82, 2.24) is 25.7 Å². The third-order valence-corrected chi connectivity index (χ3v) is 4.86. The summed E-state index contributed by atoms with van der Waals surface area (Å²) >= 11 is 0. The fraction of sp³-hybridized carbons (Fsp3) is 0.368. The summed E-state index contributed by atoms with van der Waals surface area (Å²) in [5.41, 5.74) is 6.71. The van der Waals surface area contributed by atoms with Crippen LogP contribution in [0, 0.1) is 0 Å². The minimum atomic E-state index is -0.244. The normalized spacial score (nSPS) is 13.6. The fourth-order valence-electron chi connectivity index (χ4n) is 3.38. The number of methoxy groups -OCH3 is 1. The van der Waals surface area contributed by atoms with Gasteiger partial charge in [0.1, 0.15) is 17.1 Å². The molecular weight excluding hydrogens is 374 g/mol. The first-order valence-corrected chi connectivity index (χ1v) is 9.49. The molecule has 1 saturated heterocycles. The van der Waals surface area contributed by atoms with Crippen LogP contribution in [-0.4, -0.2) is 53.0 Å². The first kappa shape index (κ1) is 18.8. The predicted molar refractivity (Wildman–Crippen MR) is 107 cm³/mol. The number of hydrogen-bond acceptors (Lipinski definition) is 8. The van der Waals surface area contributed by atoms with Gasteiger partial charge in [-0.05, 0) is 37.1 Å². The maximum absolute atomic E-state index is 13.1. The Morgan fingerprint density at radius 2 is 2.07 bits per heavy atom. The zero-order valence-corrected chi connectivity index (χ0v) is 16.1. The van der Waals surface area contributed by atoms with Crippen LogP contribution in [0.2, 0.25) is 0 Å². The van der Waals surface area contributed by atoms with E-state index in [0.29, 0.717) is 35.9 Å². The Bertz CT molecular complexity index is 974. The quantitative estimate of drug-likeness (QED) is 0.547. The van der Waals surface area contributed by atoms with Crippen LogP contribution in [0.15, 0.2) is 28.8 Å². The Balaban J connectivity index is 1.57. The molecule has 2 aromatic heterocycles. The number of benzene rings is 1. The summed E-state index contributed by atoms with van der Waals surface area (Å²) in [6, 6.07) is 7.34. The summed E-state index contributed by atoms with van der Waals surface area (Å²) in [7, 11) is 1.61. The topological polar surface area (TPSA) is 135 Å². The highest BCUT2D eigenvalue weighted by Gasteiger charge is 2.29. The van der Waals surface area contributed by atoms with Gasteiger partial charge >= 0.3 is 0 Å². The number of nitrogen functional groups attached to an aromatic ring is 1. The third kappa shape index (κ3) is 4.00. The first-order valence-electron chi connectivity index (χ1n) is 9.49. The molecule has 0 bridgehead atoms. The largest absolute Gasteiger partial charge is 0.497 e. The number of hydrogen-bond donors (Lipinski definition) is 3. The number of H-pyrrole nitrogens is 1. The maximum atomic E-state index is 13.1. The Hall–Kier alpha value is -3.56. The second-order valence-corrected chi connectivity index (χ2v) is 6.78. The van der Waals surface area contributed by atoms with Gasteiger partial charge in [0.05, 0.1) is 7.11 Å². The Kier molecular flexibility index (Phi) is 5.32. The summed E-state index contributed by atoms with van der Waals surface area (Å²) in [4.78, 5) is 19.2. The van der Waals surface area contributed by atoms with Gasteiger partial charge in [0, 0.05) is 31.6 Å². The van der Waals surface area contributed by atoms with Crippen molar-refractivity contribution in [3.05, 3.63) is 35.7 Å². The smallest absolute Gasteiger partial charge is 0.259 e. The number of aromatic amines is 1. The molecule has 0 radical (unpaired) electrons. The molecule has 0 saturated carbocycles. The van der Waals surface area contributed by atoms with Crippen LogP contribution in [0.4, 0.5) is 11.8 Å². The molecule has 1 fully saturated rings. The molecule has 4 N–H and O–H groups in total. The van der Waals surface area contributed by atoms with Crippen LogP contribution in [0.3, 0.4) is 0 Å². The van der Waals surface area contributed by atoms with Gasteiger partial charge in [0.15, 0.2) is 11.6 Å². The van der Waals surface area contributed by atoms with E-state index in [4.69, 9.17) is 15.0 Å². The van der Waals surface area contributed by atoms with Gasteiger partial charge < -0.3 is 25.2 Å². The summed E-state index contributed by atoms with van der Waals surface area (Å²) in [5, 5.41) is 13.7. The Labute approximate surface area is 167 Å². The number of ether oxygens (including phenoxy) is 1. The monoisotopic (exact) mass is 397 g/mol. The molecule has 10 nitrogen and oxygen atoms in total. The lowest BCUT2D eigenvalue weighted by Crippen LogP contribution is -2.29. The van der Waals surface area contributed by atoms with E-state index in [-0.39, 0.29) is 11.9 Å². The molecule has 0 aliphatic carbocycles. The summed E-state index contributed by atoms with van der Waals surface area (Å²) in [5.74, 6) is 2.30. The van der Waals surface area contributed by atoms with Gasteiger partial charge in [-0.1, -0.05) is 5.16 Å². The molecule has 29 heavy (non-hydrogen) atoms. The van der Waals surface area contributed by atoms with Gasteiger partial charge in [-0.3, -0.25) is 9.89 Å². The third-order valence-electron chi connectivity index (χ3n) is 4.86. The SMILES string of the molecule is COc1ccc(-c2onc(N3CCCC3)c2C(=O)NCCc2nc(N)n[nH]2)cc1. The number of nitrogens with zero attached hydrogens (tertiary/aromatic N) is 4. The summed E-state index contributed by atoms with van der Waals surface area (Å²) in [6.07, 6.45) is 2.62. The number of carbonyl (C=O) groups excluding carboxylic acids is 1. The number of rotatable bonds is 7. The van der Waals surface area contributed by atoms with Crippen molar-refractivity contribution in [1.29, 1.82) is 0 Å². The minimum absolute atomic E-state index is 0.184. The predicted octanol–water partition coefficient (Wildman–Crippen LogP) is 1.62. The Morgan fingerprint density at radius 3 is 2.72 bits per heavy atom. The van der Waals surface area contributed by atoms with E-state index >= 15 is 0 Å². The second kappa shape index (κ2) is 8.21. The van der Waals surface area contributed by atoms with Crippen molar-refractivity contribution >= 4 is 17.7 Å². The van der Waals surface area contributed by atoms with Gasteiger partial charge in [0.2, 0.25) is 5.95 Å². The second-order valence-electron chi connectivity index (χ2n) is 6.78. The van der Waals surface area contributed by atoms with Crippen molar-refractivity contribution < 1.29 is 14.1 Å². The van der Waals surface area contributed by atoms with Crippen LogP contribution in [0.25, 0.3) is 11.3 Å². The molecule has 1 aliphatic rings. The van der Waals surface area contributed by atoms with Gasteiger partial charge in [-0.25, -0.2) is 0 Å². The number of nitrogens with one attached hydrogen (secondary N) is 2. The highest BCUT2D eigenvalue weighted by molar-refractivity contribution is 6.04. The number of aromatic nitrogens is 4. The van der Waals surface area contributed by atoms with E-state index in [1.807, 2.05) is 24.3 Å². The van der Waals surface area contributed by atoms with Crippen LogP contribution in [0.5, 0.6) is 5.75 Å². The lowest BCUT2D eigenvalue weighted by Gasteiger charge is -2.15. The van der Waals surface area contributed by atoms with E-state index in [0.717, 1.165) is 37.2 Å². The molecule has 3 aromatic rings. The molecule has 0 atom stereocenters. The molecule has 3 heterocycles. The van der Waals surface area contributed by atoms with Crippen molar-refractivity contribution in [3.8, 4) is 17.1 Å². The van der Waals surface area contributed by atoms with E-state index in [9.17, 15) is 4.79 Å². The molecular formula is C19H23N7O3. The molecule has 0 spiro atoms. The maximum Gasteiger partial charge on any atom is 0.259 e. The summed E-state index contributed by atoms with van der Waals surface area (Å²) in [6.45, 7) is 2.08. The average Bonchev–Trinajstić information content (AvgIpc) is 3.48. The summed E-state index contributed by atoms with van der Waals surface area (Å²) < 4.78 is 10.8. The van der Waals surface area contributed by atoms with Crippen LogP contribution >= 0.6 is 0 Å². The highest BCUT2D eigenvalue weighted by atomic mass is 16.5. The van der Waals surface area contributed by atoms with E-state index in [1.54, 1.807) is 7.11 Å². The fourth-order valence-corrected chi connectivity index (χ4v) is 3.38. The number of carbonyl (C=O) groups is 1. The zero-order valence-electron chi connectivity index (χ0n) is 16.1. The lowest BCUT2D eigenvalue weighted by atomic mass is 10.1. The van der Waals surface area contributed by atoms with E-state index in [2.05, 4.69) is 30.6 Å². The van der Waals surface area contributed by atoms with E-state index < -0.39 is 0 Å². The molecule has 4 rings (SSSR count). The standard InChI is InChI=1S/C19H23N7O3/c1-28-13-6-4-12(5-7-13)16-15(17(25-29-16)26-10-2-3-11-26)18(27)21-9-8-14-22-19(20)24-23-14/h4-7H,2-3,8-11H2,1H3,(H,21,27)(H3,20,22,23,24). The molecule has 10 heteroatoms. The number of nitrogens with two attached hydrogens (primary N) is 1. The van der Waals surface area contributed by atoms with Crippen LogP contribution < -0.4 is 20.7 Å². The number of amides is 1. The van der Waals surface area contributed by atoms with Gasteiger partial charge in [-0.2, -0.15) is 4.98 Å². The van der Waals surface area contributed by atoms with Crippen LogP contribution in [0.1, 0.15) is 29.0 Å². The zero-order chi connectivity index (χ0) is 20.2. The van der Waals surface area contributed by atoms with Gasteiger partial charge in [-0.15, -0.1) is 5.10 Å². The molecule has 152 valence electrons.